The molecule has 3 N–H and O–H groups in total. The van der Waals surface area contributed by atoms with Crippen molar-refractivity contribution in [2.24, 2.45) is 4.99 Å². The highest BCUT2D eigenvalue weighted by Gasteiger charge is 2.28. The van der Waals surface area contributed by atoms with Crippen LogP contribution in [0.1, 0.15) is 11.5 Å². The monoisotopic (exact) mass is 234 g/mol. The van der Waals surface area contributed by atoms with Gasteiger partial charge >= 0.3 is 0 Å². The summed E-state index contributed by atoms with van der Waals surface area (Å²) in [6.07, 6.45) is 0.644. The first-order valence-electron chi connectivity index (χ1n) is 5.41. The summed E-state index contributed by atoms with van der Waals surface area (Å²) in [4.78, 5) is 15.6. The molecule has 2 atom stereocenters. The Morgan fingerprint density at radius 1 is 1.47 bits per heavy atom. The van der Waals surface area contributed by atoms with Gasteiger partial charge in [-0.15, -0.1) is 0 Å². The Bertz CT molecular complexity index is 445. The van der Waals surface area contributed by atoms with E-state index < -0.39 is 12.0 Å². The summed E-state index contributed by atoms with van der Waals surface area (Å²) in [6.45, 7) is -0.229. The van der Waals surface area contributed by atoms with Crippen LogP contribution in [0.2, 0.25) is 0 Å². The van der Waals surface area contributed by atoms with Crippen LogP contribution in [0.25, 0.3) is 0 Å². The van der Waals surface area contributed by atoms with Crippen LogP contribution in [-0.2, 0) is 4.79 Å². The predicted octanol–water partition coefficient (Wildman–Crippen LogP) is 0.146. The first-order chi connectivity index (χ1) is 8.22. The molecule has 17 heavy (non-hydrogen) atoms. The quantitative estimate of drug-likeness (QED) is 0.648. The number of hydrogen-bond donors (Lipinski definition) is 3. The minimum absolute atomic E-state index is 0.0996. The van der Waals surface area contributed by atoms with Crippen LogP contribution in [-0.4, -0.2) is 41.6 Å². The molecule has 0 saturated heterocycles. The van der Waals surface area contributed by atoms with Crippen LogP contribution >= 0.6 is 0 Å². The summed E-state index contributed by atoms with van der Waals surface area (Å²) >= 11 is 0. The molecular weight excluding hydrogens is 220 g/mol. The Balaban J connectivity index is 2.09. The summed E-state index contributed by atoms with van der Waals surface area (Å²) in [7, 11) is 0. The zero-order valence-corrected chi connectivity index (χ0v) is 9.21. The molecule has 1 heterocycles. The molecule has 0 aliphatic carbocycles. The normalized spacial score (nSPS) is 20.4. The molecule has 0 unspecified atom stereocenters. The first kappa shape index (κ1) is 11.8. The van der Waals surface area contributed by atoms with E-state index in [-0.39, 0.29) is 19.1 Å². The van der Waals surface area contributed by atoms with Gasteiger partial charge in [-0.25, -0.2) is 0 Å². The molecule has 5 nitrogen and oxygen atoms in total. The molecule has 0 saturated carbocycles. The minimum atomic E-state index is -0.869. The maximum atomic E-state index is 11.7. The van der Waals surface area contributed by atoms with E-state index in [1.807, 2.05) is 24.3 Å². The van der Waals surface area contributed by atoms with Crippen molar-refractivity contribution < 1.29 is 15.0 Å². The van der Waals surface area contributed by atoms with Crippen LogP contribution in [0.15, 0.2) is 29.3 Å². The molecule has 2 rings (SSSR count). The zero-order chi connectivity index (χ0) is 12.3. The largest absolute Gasteiger partial charge is 0.394 e. The van der Waals surface area contributed by atoms with Crippen LogP contribution in [0.4, 0.5) is 5.69 Å². The van der Waals surface area contributed by atoms with Crippen molar-refractivity contribution in [3.63, 3.8) is 0 Å². The molecule has 0 fully saturated rings. The van der Waals surface area contributed by atoms with E-state index in [1.165, 1.54) is 6.21 Å². The van der Waals surface area contributed by atoms with Gasteiger partial charge in [0.25, 0.3) is 0 Å². The summed E-state index contributed by atoms with van der Waals surface area (Å²) in [5.74, 6) is -0.523. The molecule has 1 aliphatic heterocycles. The standard InChI is InChI=1S/C12H14N2O3/c15-7-8(16)5-13-6-10-9-3-1-2-4-11(9)14-12(10)17/h1-4,6,8,10,15-16H,5,7H2,(H,14,17)/t8-,10-/m1/s1. The lowest BCUT2D eigenvalue weighted by molar-refractivity contribution is -0.115. The number of nitrogens with one attached hydrogen (secondary N) is 1. The number of aliphatic hydroxyl groups excluding tert-OH is 2. The van der Waals surface area contributed by atoms with E-state index >= 15 is 0 Å². The fraction of sp³-hybridized carbons (Fsp3) is 0.333. The van der Waals surface area contributed by atoms with E-state index in [0.29, 0.717) is 0 Å². The molecule has 1 aliphatic rings. The zero-order valence-electron chi connectivity index (χ0n) is 9.21. The van der Waals surface area contributed by atoms with E-state index in [4.69, 9.17) is 10.2 Å². The van der Waals surface area contributed by atoms with E-state index in [9.17, 15) is 4.79 Å². The second kappa shape index (κ2) is 5.07. The van der Waals surface area contributed by atoms with Crippen molar-refractivity contribution in [2.45, 2.75) is 12.0 Å². The maximum absolute atomic E-state index is 11.7. The number of hydrogen-bond acceptors (Lipinski definition) is 4. The third-order valence-corrected chi connectivity index (χ3v) is 2.62. The second-order valence-electron chi connectivity index (χ2n) is 3.90. The number of para-hydroxylation sites is 1. The lowest BCUT2D eigenvalue weighted by atomic mass is 10.0. The Labute approximate surface area is 98.8 Å². The van der Waals surface area contributed by atoms with Crippen molar-refractivity contribution in [1.82, 2.24) is 0 Å². The van der Waals surface area contributed by atoms with Crippen LogP contribution < -0.4 is 5.32 Å². The summed E-state index contributed by atoms with van der Waals surface area (Å²) < 4.78 is 0. The van der Waals surface area contributed by atoms with Gasteiger partial charge in [-0.1, -0.05) is 18.2 Å². The van der Waals surface area contributed by atoms with Crippen LogP contribution in [0.5, 0.6) is 0 Å². The SMILES string of the molecule is O=C1Nc2ccccc2[C@H]1C=NC[C@@H](O)CO. The van der Waals surface area contributed by atoms with Gasteiger partial charge in [-0.3, -0.25) is 9.79 Å². The smallest absolute Gasteiger partial charge is 0.237 e. The number of amides is 1. The number of aliphatic hydroxyl groups is 2. The van der Waals surface area contributed by atoms with Crippen molar-refractivity contribution in [1.29, 1.82) is 0 Å². The first-order valence-corrected chi connectivity index (χ1v) is 5.41. The Morgan fingerprint density at radius 2 is 2.24 bits per heavy atom. The fourth-order valence-electron chi connectivity index (χ4n) is 1.73. The summed E-state index contributed by atoms with van der Waals surface area (Å²) in [5.41, 5.74) is 1.69. The van der Waals surface area contributed by atoms with Crippen molar-refractivity contribution in [3.8, 4) is 0 Å². The lowest BCUT2D eigenvalue weighted by Crippen LogP contribution is -2.17. The molecular formula is C12H14N2O3. The molecule has 1 aromatic rings. The second-order valence-corrected chi connectivity index (χ2v) is 3.90. The van der Waals surface area contributed by atoms with E-state index in [1.54, 1.807) is 0 Å². The minimum Gasteiger partial charge on any atom is -0.394 e. The van der Waals surface area contributed by atoms with Gasteiger partial charge in [-0.05, 0) is 11.6 Å². The van der Waals surface area contributed by atoms with Gasteiger partial charge in [0.15, 0.2) is 0 Å². The number of rotatable bonds is 4. The maximum Gasteiger partial charge on any atom is 0.237 e. The number of aliphatic imine (C=N–C) groups is 1. The van der Waals surface area contributed by atoms with Crippen LogP contribution in [0.3, 0.4) is 0 Å². The highest BCUT2D eigenvalue weighted by Crippen LogP contribution is 2.30. The number of carbonyl (C=O) groups excluding carboxylic acids is 1. The number of nitrogens with zero attached hydrogens (tertiary/aromatic N) is 1. The van der Waals surface area contributed by atoms with Crippen molar-refractivity contribution >= 4 is 17.8 Å². The molecule has 90 valence electrons. The average molecular weight is 234 g/mol. The average Bonchev–Trinajstić information content (AvgIpc) is 2.66. The molecule has 1 amide bonds. The molecule has 5 heteroatoms. The van der Waals surface area contributed by atoms with Gasteiger partial charge in [0.1, 0.15) is 5.92 Å². The summed E-state index contributed by atoms with van der Waals surface area (Å²) in [6, 6.07) is 7.42. The van der Waals surface area contributed by atoms with Crippen molar-refractivity contribution in [3.05, 3.63) is 29.8 Å². The van der Waals surface area contributed by atoms with Gasteiger partial charge in [-0.2, -0.15) is 0 Å². The Kier molecular flexibility index (Phi) is 3.51. The van der Waals surface area contributed by atoms with E-state index in [0.717, 1.165) is 11.3 Å². The fourth-order valence-corrected chi connectivity index (χ4v) is 1.73. The Morgan fingerprint density at radius 3 is 3.00 bits per heavy atom. The molecule has 0 aromatic heterocycles. The third kappa shape index (κ3) is 2.51. The number of benzene rings is 1. The number of fused-ring (bicyclic) bond motifs is 1. The van der Waals surface area contributed by atoms with E-state index in [2.05, 4.69) is 10.3 Å². The van der Waals surface area contributed by atoms with Crippen LogP contribution in [0, 0.1) is 0 Å². The lowest BCUT2D eigenvalue weighted by Gasteiger charge is -2.04. The molecule has 0 spiro atoms. The highest BCUT2D eigenvalue weighted by atomic mass is 16.3. The van der Waals surface area contributed by atoms with Gasteiger partial charge in [0.05, 0.1) is 19.3 Å². The number of anilines is 1. The van der Waals surface area contributed by atoms with Crippen molar-refractivity contribution in [2.75, 3.05) is 18.5 Å². The highest BCUT2D eigenvalue weighted by molar-refractivity contribution is 6.12. The number of carbonyl (C=O) groups is 1. The van der Waals surface area contributed by atoms with Gasteiger partial charge in [0.2, 0.25) is 5.91 Å². The van der Waals surface area contributed by atoms with Gasteiger partial charge in [0, 0.05) is 11.9 Å². The predicted molar refractivity (Wildman–Crippen MR) is 64.3 cm³/mol. The van der Waals surface area contributed by atoms with Gasteiger partial charge < -0.3 is 15.5 Å². The third-order valence-electron chi connectivity index (χ3n) is 2.62. The topological polar surface area (TPSA) is 81.9 Å². The Hall–Kier alpha value is -1.72. The molecule has 0 radical (unpaired) electrons. The molecule has 0 bridgehead atoms. The molecule has 1 aromatic carbocycles. The summed E-state index contributed by atoms with van der Waals surface area (Å²) in [5, 5.41) is 20.5.